The summed E-state index contributed by atoms with van der Waals surface area (Å²) < 4.78 is 10.9. The van der Waals surface area contributed by atoms with E-state index in [1.54, 1.807) is 0 Å². The van der Waals surface area contributed by atoms with Crippen LogP contribution in [0, 0.1) is 12.8 Å². The molecule has 1 aliphatic carbocycles. The quantitative estimate of drug-likeness (QED) is 0.822. The van der Waals surface area contributed by atoms with Crippen molar-refractivity contribution in [2.24, 2.45) is 5.92 Å². The van der Waals surface area contributed by atoms with E-state index in [4.69, 9.17) is 9.79 Å². The van der Waals surface area contributed by atoms with E-state index in [9.17, 15) is 4.57 Å². The summed E-state index contributed by atoms with van der Waals surface area (Å²) in [5.41, 5.74) is 2.65. The summed E-state index contributed by atoms with van der Waals surface area (Å²) >= 11 is 0. The Labute approximate surface area is 108 Å². The van der Waals surface area contributed by atoms with Crippen LogP contribution in [0.5, 0.6) is 0 Å². The molecular weight excluding hydrogens is 247 g/mol. The van der Waals surface area contributed by atoms with Crippen molar-refractivity contribution in [2.75, 3.05) is 6.16 Å². The molecule has 1 aromatic carbocycles. The SMILES string of the molecule is Cc1ccc([C@H]2CCC(CCP(=O)(O)O)C2)cc1. The molecule has 0 amide bonds. The summed E-state index contributed by atoms with van der Waals surface area (Å²) in [6.07, 6.45) is 4.02. The van der Waals surface area contributed by atoms with Crippen molar-refractivity contribution in [3.8, 4) is 0 Å². The highest BCUT2D eigenvalue weighted by Crippen LogP contribution is 2.43. The molecule has 3 nitrogen and oxygen atoms in total. The molecule has 2 N–H and O–H groups in total. The Morgan fingerprint density at radius 1 is 1.22 bits per heavy atom. The van der Waals surface area contributed by atoms with E-state index in [1.807, 2.05) is 0 Å². The fraction of sp³-hybridized carbons (Fsp3) is 0.571. The zero-order valence-corrected chi connectivity index (χ0v) is 11.6. The standard InChI is InChI=1S/C14H21O3P/c1-11-2-5-13(6-3-11)14-7-4-12(10-14)8-9-18(15,16)17/h2-3,5-6,12,14H,4,7-10H2,1H3,(H2,15,16,17)/t12?,14-/m0/s1. The third kappa shape index (κ3) is 3.94. The van der Waals surface area contributed by atoms with Crippen molar-refractivity contribution in [1.29, 1.82) is 0 Å². The van der Waals surface area contributed by atoms with Crippen LogP contribution in [0.3, 0.4) is 0 Å². The maximum absolute atomic E-state index is 10.9. The summed E-state index contributed by atoms with van der Waals surface area (Å²) in [5.74, 6) is 1.05. The lowest BCUT2D eigenvalue weighted by atomic mass is 9.95. The Balaban J connectivity index is 1.88. The molecule has 2 atom stereocenters. The first kappa shape index (κ1) is 13.8. The van der Waals surface area contributed by atoms with E-state index in [1.165, 1.54) is 11.1 Å². The number of hydrogen-bond donors (Lipinski definition) is 2. The van der Waals surface area contributed by atoms with Crippen molar-refractivity contribution < 1.29 is 14.4 Å². The van der Waals surface area contributed by atoms with Crippen molar-refractivity contribution >= 4 is 7.60 Å². The highest BCUT2D eigenvalue weighted by atomic mass is 31.2. The fourth-order valence-corrected chi connectivity index (χ4v) is 3.53. The van der Waals surface area contributed by atoms with Crippen molar-refractivity contribution in [1.82, 2.24) is 0 Å². The first-order chi connectivity index (χ1) is 8.44. The topological polar surface area (TPSA) is 57.5 Å². The number of rotatable bonds is 4. The molecule has 0 saturated heterocycles. The molecule has 18 heavy (non-hydrogen) atoms. The Bertz CT molecular complexity index is 435. The summed E-state index contributed by atoms with van der Waals surface area (Å²) in [7, 11) is -3.82. The third-order valence-corrected chi connectivity index (χ3v) is 4.76. The van der Waals surface area contributed by atoms with Crippen LogP contribution in [0.25, 0.3) is 0 Å². The zero-order valence-electron chi connectivity index (χ0n) is 10.7. The van der Waals surface area contributed by atoms with Gasteiger partial charge < -0.3 is 9.79 Å². The molecule has 1 aliphatic rings. The van der Waals surface area contributed by atoms with Gasteiger partial charge in [-0.15, -0.1) is 0 Å². The van der Waals surface area contributed by atoms with Crippen LogP contribution in [0.1, 0.15) is 42.7 Å². The molecule has 1 saturated carbocycles. The first-order valence-corrected chi connectivity index (χ1v) is 8.35. The Morgan fingerprint density at radius 3 is 2.50 bits per heavy atom. The van der Waals surface area contributed by atoms with Crippen LogP contribution in [0.4, 0.5) is 0 Å². The summed E-state index contributed by atoms with van der Waals surface area (Å²) in [5, 5.41) is 0. The second-order valence-electron chi connectivity index (χ2n) is 5.46. The van der Waals surface area contributed by atoms with Gasteiger partial charge in [0.1, 0.15) is 0 Å². The molecule has 1 aromatic rings. The van der Waals surface area contributed by atoms with Crippen LogP contribution in [-0.4, -0.2) is 15.9 Å². The maximum Gasteiger partial charge on any atom is 0.325 e. The van der Waals surface area contributed by atoms with E-state index in [2.05, 4.69) is 31.2 Å². The van der Waals surface area contributed by atoms with Gasteiger partial charge in [-0.25, -0.2) is 0 Å². The highest BCUT2D eigenvalue weighted by molar-refractivity contribution is 7.51. The van der Waals surface area contributed by atoms with Gasteiger partial charge in [0.05, 0.1) is 6.16 Å². The molecule has 0 aromatic heterocycles. The molecule has 0 bridgehead atoms. The number of hydrogen-bond acceptors (Lipinski definition) is 1. The minimum absolute atomic E-state index is 0.0400. The molecule has 100 valence electrons. The molecule has 2 rings (SSSR count). The second-order valence-corrected chi connectivity index (χ2v) is 7.24. The van der Waals surface area contributed by atoms with Gasteiger partial charge in [-0.3, -0.25) is 4.57 Å². The van der Waals surface area contributed by atoms with Gasteiger partial charge >= 0.3 is 7.60 Å². The Hall–Kier alpha value is -0.630. The molecule has 0 aliphatic heterocycles. The van der Waals surface area contributed by atoms with E-state index < -0.39 is 7.60 Å². The smallest absolute Gasteiger partial charge is 0.324 e. The molecule has 0 heterocycles. The average Bonchev–Trinajstić information content (AvgIpc) is 2.75. The van der Waals surface area contributed by atoms with E-state index in [0.717, 1.165) is 19.3 Å². The number of benzene rings is 1. The lowest BCUT2D eigenvalue weighted by Gasteiger charge is -2.12. The third-order valence-electron chi connectivity index (χ3n) is 3.92. The zero-order chi connectivity index (χ0) is 13.2. The lowest BCUT2D eigenvalue weighted by molar-refractivity contribution is 0.365. The van der Waals surface area contributed by atoms with Crippen molar-refractivity contribution in [2.45, 2.75) is 38.5 Å². The molecular formula is C14H21O3P. The Kier molecular flexibility index (Phi) is 4.26. The Morgan fingerprint density at radius 2 is 1.89 bits per heavy atom. The van der Waals surface area contributed by atoms with Crippen molar-refractivity contribution in [3.05, 3.63) is 35.4 Å². The predicted molar refractivity (Wildman–Crippen MR) is 72.8 cm³/mol. The minimum Gasteiger partial charge on any atom is -0.324 e. The van der Waals surface area contributed by atoms with Gasteiger partial charge in [0.15, 0.2) is 0 Å². The average molecular weight is 268 g/mol. The van der Waals surface area contributed by atoms with Crippen molar-refractivity contribution in [3.63, 3.8) is 0 Å². The van der Waals surface area contributed by atoms with Crippen LogP contribution < -0.4 is 0 Å². The minimum atomic E-state index is -3.82. The van der Waals surface area contributed by atoms with Gasteiger partial charge in [-0.05, 0) is 50.0 Å². The second kappa shape index (κ2) is 5.56. The van der Waals surface area contributed by atoms with Gasteiger partial charge in [0.25, 0.3) is 0 Å². The summed E-state index contributed by atoms with van der Waals surface area (Å²) in [6, 6.07) is 8.65. The monoisotopic (exact) mass is 268 g/mol. The van der Waals surface area contributed by atoms with Crippen LogP contribution in [-0.2, 0) is 4.57 Å². The molecule has 1 unspecified atom stereocenters. The van der Waals surface area contributed by atoms with Crippen LogP contribution in [0.2, 0.25) is 0 Å². The summed E-state index contributed by atoms with van der Waals surface area (Å²) in [4.78, 5) is 17.8. The van der Waals surface area contributed by atoms with Gasteiger partial charge in [0.2, 0.25) is 0 Å². The first-order valence-electron chi connectivity index (χ1n) is 6.55. The fourth-order valence-electron chi connectivity index (χ4n) is 2.83. The summed E-state index contributed by atoms with van der Waals surface area (Å²) in [6.45, 7) is 2.08. The van der Waals surface area contributed by atoms with Crippen LogP contribution >= 0.6 is 7.60 Å². The molecule has 4 heteroatoms. The van der Waals surface area contributed by atoms with Gasteiger partial charge in [-0.2, -0.15) is 0 Å². The van der Waals surface area contributed by atoms with Gasteiger partial charge in [0, 0.05) is 0 Å². The molecule has 0 spiro atoms. The van der Waals surface area contributed by atoms with E-state index in [0.29, 0.717) is 18.3 Å². The normalized spacial score (nSPS) is 24.4. The predicted octanol–water partition coefficient (Wildman–Crippen LogP) is 3.45. The van der Waals surface area contributed by atoms with Gasteiger partial charge in [-0.1, -0.05) is 29.8 Å². The molecule has 1 fully saturated rings. The maximum atomic E-state index is 10.9. The van der Waals surface area contributed by atoms with Crippen LogP contribution in [0.15, 0.2) is 24.3 Å². The van der Waals surface area contributed by atoms with E-state index >= 15 is 0 Å². The van der Waals surface area contributed by atoms with E-state index in [-0.39, 0.29) is 6.16 Å². The number of aryl methyl sites for hydroxylation is 1. The highest BCUT2D eigenvalue weighted by Gasteiger charge is 2.27. The molecule has 0 radical (unpaired) electrons. The lowest BCUT2D eigenvalue weighted by Crippen LogP contribution is -2.00. The largest absolute Gasteiger partial charge is 0.325 e.